The summed E-state index contributed by atoms with van der Waals surface area (Å²) in [6, 6.07) is 4.10. The van der Waals surface area contributed by atoms with E-state index < -0.39 is 17.8 Å². The van der Waals surface area contributed by atoms with Gasteiger partial charge in [-0.1, -0.05) is 11.6 Å². The monoisotopic (exact) mass is 290 g/mol. The normalized spacial score (nSPS) is 13.6. The topological polar surface area (TPSA) is 38.0 Å². The summed E-state index contributed by atoms with van der Waals surface area (Å²) in [7, 11) is 0. The van der Waals surface area contributed by atoms with Crippen LogP contribution in [-0.2, 0) is 6.18 Å². The lowest BCUT2D eigenvalue weighted by Gasteiger charge is -2.13. The standard InChI is InChI=1S/C12H10ClF3N2O/c1-7(19)10-3-2-4-18(10)11-9(13)5-8(6-17-11)12(14,15)16/h2-7,19H,1H3/t7-/m1/s1. The third kappa shape index (κ3) is 2.74. The van der Waals surface area contributed by atoms with Crippen LogP contribution in [-0.4, -0.2) is 14.7 Å². The minimum atomic E-state index is -4.49. The Morgan fingerprint density at radius 1 is 1.42 bits per heavy atom. The van der Waals surface area contributed by atoms with Gasteiger partial charge < -0.3 is 9.67 Å². The molecule has 0 spiro atoms. The molecular formula is C12H10ClF3N2O. The van der Waals surface area contributed by atoms with Crippen molar-refractivity contribution in [3.8, 4) is 5.82 Å². The van der Waals surface area contributed by atoms with E-state index in [1.807, 2.05) is 0 Å². The summed E-state index contributed by atoms with van der Waals surface area (Å²) >= 11 is 5.84. The van der Waals surface area contributed by atoms with Crippen LogP contribution >= 0.6 is 11.6 Å². The molecule has 0 fully saturated rings. The molecule has 0 saturated carbocycles. The molecule has 0 aromatic carbocycles. The van der Waals surface area contributed by atoms with E-state index in [0.29, 0.717) is 11.9 Å². The molecule has 102 valence electrons. The first kappa shape index (κ1) is 13.9. The van der Waals surface area contributed by atoms with Crippen LogP contribution in [0.15, 0.2) is 30.6 Å². The molecule has 2 aromatic heterocycles. The number of hydrogen-bond acceptors (Lipinski definition) is 2. The van der Waals surface area contributed by atoms with Crippen molar-refractivity contribution >= 4 is 11.6 Å². The van der Waals surface area contributed by atoms with Gasteiger partial charge in [-0.25, -0.2) is 4.98 Å². The Bertz CT molecular complexity index is 593. The number of rotatable bonds is 2. The Hall–Kier alpha value is -1.53. The number of aliphatic hydroxyl groups is 1. The highest BCUT2D eigenvalue weighted by Gasteiger charge is 2.31. The van der Waals surface area contributed by atoms with Crippen molar-refractivity contribution in [2.75, 3.05) is 0 Å². The van der Waals surface area contributed by atoms with Crippen LogP contribution in [0.25, 0.3) is 5.82 Å². The van der Waals surface area contributed by atoms with E-state index in [9.17, 15) is 18.3 Å². The molecule has 0 aliphatic carbocycles. The van der Waals surface area contributed by atoms with Gasteiger partial charge in [-0.05, 0) is 25.1 Å². The molecule has 0 bridgehead atoms. The molecule has 0 aliphatic heterocycles. The summed E-state index contributed by atoms with van der Waals surface area (Å²) < 4.78 is 39.0. The van der Waals surface area contributed by atoms with Crippen molar-refractivity contribution in [3.05, 3.63) is 46.9 Å². The van der Waals surface area contributed by atoms with Crippen molar-refractivity contribution in [1.29, 1.82) is 0 Å². The quantitative estimate of drug-likeness (QED) is 0.918. The minimum absolute atomic E-state index is 0.132. The van der Waals surface area contributed by atoms with Crippen LogP contribution in [0.1, 0.15) is 24.3 Å². The number of aliphatic hydroxyl groups excluding tert-OH is 1. The predicted molar refractivity (Wildman–Crippen MR) is 64.2 cm³/mol. The van der Waals surface area contributed by atoms with Gasteiger partial charge in [0.2, 0.25) is 0 Å². The van der Waals surface area contributed by atoms with Crippen LogP contribution in [0.3, 0.4) is 0 Å². The van der Waals surface area contributed by atoms with Crippen LogP contribution in [0.2, 0.25) is 5.02 Å². The number of halogens is 4. The maximum absolute atomic E-state index is 12.5. The van der Waals surface area contributed by atoms with Crippen LogP contribution < -0.4 is 0 Å². The fraction of sp³-hybridized carbons (Fsp3) is 0.250. The Morgan fingerprint density at radius 2 is 2.11 bits per heavy atom. The molecule has 1 N–H and O–H groups in total. The zero-order valence-electron chi connectivity index (χ0n) is 9.82. The van der Waals surface area contributed by atoms with Crippen molar-refractivity contribution in [2.45, 2.75) is 19.2 Å². The highest BCUT2D eigenvalue weighted by Crippen LogP contribution is 2.32. The first-order chi connectivity index (χ1) is 8.80. The Morgan fingerprint density at radius 3 is 2.63 bits per heavy atom. The summed E-state index contributed by atoms with van der Waals surface area (Å²) in [4.78, 5) is 3.73. The van der Waals surface area contributed by atoms with Crippen LogP contribution in [0, 0.1) is 0 Å². The molecule has 3 nitrogen and oxygen atoms in total. The van der Waals surface area contributed by atoms with Gasteiger partial charge in [-0.3, -0.25) is 0 Å². The number of alkyl halides is 3. The molecule has 0 radical (unpaired) electrons. The molecule has 19 heavy (non-hydrogen) atoms. The fourth-order valence-electron chi connectivity index (χ4n) is 1.69. The van der Waals surface area contributed by atoms with Gasteiger partial charge in [0.15, 0.2) is 5.82 Å². The van der Waals surface area contributed by atoms with E-state index >= 15 is 0 Å². The first-order valence-corrected chi connectivity index (χ1v) is 5.77. The van der Waals surface area contributed by atoms with Gasteiger partial charge in [0.05, 0.1) is 22.4 Å². The van der Waals surface area contributed by atoms with Gasteiger partial charge in [-0.2, -0.15) is 13.2 Å². The summed E-state index contributed by atoms with van der Waals surface area (Å²) in [6.07, 6.45) is -2.98. The lowest BCUT2D eigenvalue weighted by atomic mass is 10.2. The molecule has 0 amide bonds. The van der Waals surface area contributed by atoms with E-state index in [1.54, 1.807) is 25.3 Å². The Balaban J connectivity index is 2.50. The SMILES string of the molecule is C[C@@H](O)c1cccn1-c1ncc(C(F)(F)F)cc1Cl. The van der Waals surface area contributed by atoms with E-state index in [4.69, 9.17) is 11.6 Å². The molecule has 2 aromatic rings. The predicted octanol–water partition coefficient (Wildman–Crippen LogP) is 3.60. The Kier molecular flexibility index (Phi) is 3.56. The number of pyridine rings is 1. The van der Waals surface area contributed by atoms with Gasteiger partial charge in [0, 0.05) is 12.4 Å². The summed E-state index contributed by atoms with van der Waals surface area (Å²) in [5.41, 5.74) is -0.416. The largest absolute Gasteiger partial charge is 0.417 e. The van der Waals surface area contributed by atoms with E-state index in [0.717, 1.165) is 6.07 Å². The molecule has 1 atom stereocenters. The zero-order valence-corrected chi connectivity index (χ0v) is 10.6. The second-order valence-corrected chi connectivity index (χ2v) is 4.41. The molecular weight excluding hydrogens is 281 g/mol. The van der Waals surface area contributed by atoms with Crippen molar-refractivity contribution in [2.24, 2.45) is 0 Å². The van der Waals surface area contributed by atoms with Gasteiger partial charge in [0.25, 0.3) is 0 Å². The molecule has 0 unspecified atom stereocenters. The van der Waals surface area contributed by atoms with Crippen molar-refractivity contribution in [1.82, 2.24) is 9.55 Å². The fourth-order valence-corrected chi connectivity index (χ4v) is 1.95. The number of hydrogen-bond donors (Lipinski definition) is 1. The second-order valence-electron chi connectivity index (χ2n) is 4.01. The number of nitrogens with zero attached hydrogens (tertiary/aromatic N) is 2. The van der Waals surface area contributed by atoms with Crippen LogP contribution in [0.4, 0.5) is 13.2 Å². The lowest BCUT2D eigenvalue weighted by molar-refractivity contribution is -0.137. The maximum Gasteiger partial charge on any atom is 0.417 e. The molecule has 7 heteroatoms. The van der Waals surface area contributed by atoms with E-state index in [-0.39, 0.29) is 10.8 Å². The third-order valence-electron chi connectivity index (χ3n) is 2.59. The minimum Gasteiger partial charge on any atom is -0.387 e. The van der Waals surface area contributed by atoms with E-state index in [1.165, 1.54) is 4.57 Å². The molecule has 2 heterocycles. The average molecular weight is 291 g/mol. The maximum atomic E-state index is 12.5. The Labute approximate surface area is 112 Å². The molecule has 2 rings (SSSR count). The van der Waals surface area contributed by atoms with Crippen LogP contribution in [0.5, 0.6) is 0 Å². The lowest BCUT2D eigenvalue weighted by Crippen LogP contribution is -2.09. The molecule has 0 saturated heterocycles. The smallest absolute Gasteiger partial charge is 0.387 e. The van der Waals surface area contributed by atoms with Crippen molar-refractivity contribution in [3.63, 3.8) is 0 Å². The molecule has 0 aliphatic rings. The average Bonchev–Trinajstić information content (AvgIpc) is 2.76. The zero-order chi connectivity index (χ0) is 14.2. The van der Waals surface area contributed by atoms with E-state index in [2.05, 4.69) is 4.98 Å². The van der Waals surface area contributed by atoms with Gasteiger partial charge in [0.1, 0.15) is 0 Å². The highest BCUT2D eigenvalue weighted by atomic mass is 35.5. The summed E-state index contributed by atoms with van der Waals surface area (Å²) in [5.74, 6) is 0.149. The highest BCUT2D eigenvalue weighted by molar-refractivity contribution is 6.32. The second kappa shape index (κ2) is 4.86. The first-order valence-electron chi connectivity index (χ1n) is 5.39. The summed E-state index contributed by atoms with van der Waals surface area (Å²) in [6.45, 7) is 1.55. The van der Waals surface area contributed by atoms with Crippen molar-refractivity contribution < 1.29 is 18.3 Å². The third-order valence-corrected chi connectivity index (χ3v) is 2.86. The summed E-state index contributed by atoms with van der Waals surface area (Å²) in [5, 5.41) is 9.43. The van der Waals surface area contributed by atoms with Gasteiger partial charge in [-0.15, -0.1) is 0 Å². The van der Waals surface area contributed by atoms with Gasteiger partial charge >= 0.3 is 6.18 Å². The number of aromatic nitrogens is 2.